The summed E-state index contributed by atoms with van der Waals surface area (Å²) in [4.78, 5) is 47.8. The Bertz CT molecular complexity index is 1790. The van der Waals surface area contributed by atoms with Gasteiger partial charge in [-0.15, -0.1) is 0 Å². The van der Waals surface area contributed by atoms with E-state index in [1.807, 2.05) is 60.7 Å². The molecular weight excluding hydrogens is 530 g/mol. The van der Waals surface area contributed by atoms with Gasteiger partial charge in [-0.25, -0.2) is 19.7 Å². The highest BCUT2D eigenvalue weighted by Gasteiger charge is 2.14. The molecule has 0 aliphatic rings. The molecule has 0 fully saturated rings. The number of nitrogens with zero attached hydrogens (tertiary/aromatic N) is 4. The summed E-state index contributed by atoms with van der Waals surface area (Å²) in [5.41, 5.74) is 5.03. The summed E-state index contributed by atoms with van der Waals surface area (Å²) in [5.74, 6) is 2.06. The molecule has 2 aromatic carbocycles. The molecular formula is C32H33N7O3. The Kier molecular flexibility index (Phi) is 7.94. The first-order valence-electron chi connectivity index (χ1n) is 14.4. The van der Waals surface area contributed by atoms with Crippen molar-refractivity contribution < 1.29 is 4.74 Å². The fourth-order valence-electron chi connectivity index (χ4n) is 5.07. The van der Waals surface area contributed by atoms with Gasteiger partial charge in [-0.3, -0.25) is 9.36 Å². The molecule has 6 aromatic rings. The first-order chi connectivity index (χ1) is 20.5. The lowest BCUT2D eigenvalue weighted by Gasteiger charge is -2.09. The molecule has 10 heteroatoms. The van der Waals surface area contributed by atoms with Crippen molar-refractivity contribution in [1.29, 1.82) is 0 Å². The molecule has 6 rings (SSSR count). The average Bonchev–Trinajstić information content (AvgIpc) is 3.64. The largest absolute Gasteiger partial charge is 0.493 e. The second kappa shape index (κ2) is 12.3. The van der Waals surface area contributed by atoms with E-state index >= 15 is 0 Å². The fraction of sp³-hybridized carbons (Fsp3) is 0.281. The number of pyridine rings is 1. The molecule has 0 atom stereocenters. The van der Waals surface area contributed by atoms with Crippen LogP contribution in [-0.2, 0) is 6.54 Å². The lowest BCUT2D eigenvalue weighted by atomic mass is 10.1. The maximum absolute atomic E-state index is 12.1. The van der Waals surface area contributed by atoms with Crippen molar-refractivity contribution in [3.8, 4) is 28.8 Å². The minimum atomic E-state index is -0.342. The highest BCUT2D eigenvalue weighted by Crippen LogP contribution is 2.28. The SMILES string of the molecule is Cc1c[nH]c(=O)n(CCCCCCCCOc2cc(-c3nc4ccccc4[nH]3)nc(-c3nc4ccccc4[nH]3)c2)c1=O. The van der Waals surface area contributed by atoms with Crippen molar-refractivity contribution in [2.24, 2.45) is 0 Å². The van der Waals surface area contributed by atoms with Gasteiger partial charge in [-0.1, -0.05) is 49.9 Å². The Morgan fingerprint density at radius 1 is 0.738 bits per heavy atom. The van der Waals surface area contributed by atoms with E-state index in [4.69, 9.17) is 19.7 Å². The second-order valence-electron chi connectivity index (χ2n) is 10.5. The maximum Gasteiger partial charge on any atom is 0.328 e. The molecule has 0 radical (unpaired) electrons. The van der Waals surface area contributed by atoms with Gasteiger partial charge in [0.2, 0.25) is 0 Å². The van der Waals surface area contributed by atoms with Gasteiger partial charge in [0.1, 0.15) is 17.1 Å². The summed E-state index contributed by atoms with van der Waals surface area (Å²) in [6.45, 7) is 2.74. The van der Waals surface area contributed by atoms with Crippen molar-refractivity contribution in [3.63, 3.8) is 0 Å². The molecule has 4 aromatic heterocycles. The Hall–Kier alpha value is -4.99. The topological polar surface area (TPSA) is 134 Å². The zero-order chi connectivity index (χ0) is 28.9. The number of rotatable bonds is 12. The number of fused-ring (bicyclic) bond motifs is 2. The number of H-pyrrole nitrogens is 3. The highest BCUT2D eigenvalue weighted by atomic mass is 16.5. The summed E-state index contributed by atoms with van der Waals surface area (Å²) in [7, 11) is 0. The summed E-state index contributed by atoms with van der Waals surface area (Å²) in [5, 5.41) is 0. The Morgan fingerprint density at radius 2 is 1.31 bits per heavy atom. The van der Waals surface area contributed by atoms with Crippen LogP contribution >= 0.6 is 0 Å². The number of hydrogen-bond donors (Lipinski definition) is 3. The molecule has 0 bridgehead atoms. The van der Waals surface area contributed by atoms with Crippen LogP contribution in [-0.4, -0.2) is 41.1 Å². The molecule has 0 amide bonds. The molecule has 0 aliphatic carbocycles. The van der Waals surface area contributed by atoms with Crippen LogP contribution in [0.3, 0.4) is 0 Å². The number of para-hydroxylation sites is 4. The zero-order valence-electron chi connectivity index (χ0n) is 23.5. The molecule has 0 spiro atoms. The van der Waals surface area contributed by atoms with Gasteiger partial charge in [-0.2, -0.15) is 0 Å². The first-order valence-corrected chi connectivity index (χ1v) is 14.4. The summed E-state index contributed by atoms with van der Waals surface area (Å²) < 4.78 is 7.49. The van der Waals surface area contributed by atoms with Crippen LogP contribution in [0.5, 0.6) is 5.75 Å². The second-order valence-corrected chi connectivity index (χ2v) is 10.5. The standard InChI is InChI=1S/C32H33N7O3/c1-21-20-33-32(41)39(31(21)40)16-10-4-2-3-5-11-17-42-22-18-27(29-35-23-12-6-7-13-24(23)36-29)34-28(19-22)30-37-25-14-8-9-15-26(25)38-30/h6-9,12-15,18-20H,2-5,10-11,16-17H2,1H3,(H,33,41)(H,35,36)(H,37,38). The van der Waals surface area contributed by atoms with Crippen molar-refractivity contribution in [2.45, 2.75) is 52.0 Å². The molecule has 214 valence electrons. The third kappa shape index (κ3) is 6.02. The normalized spacial score (nSPS) is 11.5. The van der Waals surface area contributed by atoms with Crippen molar-refractivity contribution >= 4 is 22.1 Å². The van der Waals surface area contributed by atoms with Gasteiger partial charge in [-0.05, 0) is 44.0 Å². The monoisotopic (exact) mass is 563 g/mol. The fourth-order valence-corrected chi connectivity index (χ4v) is 5.07. The summed E-state index contributed by atoms with van der Waals surface area (Å²) in [6.07, 6.45) is 7.28. The molecule has 3 N–H and O–H groups in total. The number of ether oxygens (including phenoxy) is 1. The number of aromatic amines is 3. The number of unbranched alkanes of at least 4 members (excludes halogenated alkanes) is 5. The lowest BCUT2D eigenvalue weighted by molar-refractivity contribution is 0.304. The lowest BCUT2D eigenvalue weighted by Crippen LogP contribution is -2.35. The number of hydrogen-bond acceptors (Lipinski definition) is 6. The van der Waals surface area contributed by atoms with E-state index < -0.39 is 0 Å². The van der Waals surface area contributed by atoms with Gasteiger partial charge in [0.15, 0.2) is 11.6 Å². The van der Waals surface area contributed by atoms with E-state index in [0.717, 1.165) is 60.6 Å². The van der Waals surface area contributed by atoms with Crippen LogP contribution < -0.4 is 16.0 Å². The number of aryl methyl sites for hydroxylation is 1. The summed E-state index contributed by atoms with van der Waals surface area (Å²) in [6, 6.07) is 19.6. The summed E-state index contributed by atoms with van der Waals surface area (Å²) >= 11 is 0. The Morgan fingerprint density at radius 3 is 1.93 bits per heavy atom. The average molecular weight is 564 g/mol. The van der Waals surface area contributed by atoms with Crippen LogP contribution in [0.4, 0.5) is 0 Å². The van der Waals surface area contributed by atoms with E-state index in [1.165, 1.54) is 10.8 Å². The van der Waals surface area contributed by atoms with Crippen molar-refractivity contribution in [2.75, 3.05) is 6.61 Å². The Labute approximate surface area is 241 Å². The van der Waals surface area contributed by atoms with E-state index in [2.05, 4.69) is 15.0 Å². The minimum Gasteiger partial charge on any atom is -0.493 e. The molecule has 0 saturated carbocycles. The van der Waals surface area contributed by atoms with E-state index in [1.54, 1.807) is 6.92 Å². The van der Waals surface area contributed by atoms with Crippen LogP contribution in [0, 0.1) is 6.92 Å². The molecule has 4 heterocycles. The third-order valence-electron chi connectivity index (χ3n) is 7.35. The maximum atomic E-state index is 12.1. The van der Waals surface area contributed by atoms with Crippen LogP contribution in [0.15, 0.2) is 76.4 Å². The number of imidazole rings is 2. The quantitative estimate of drug-likeness (QED) is 0.162. The highest BCUT2D eigenvalue weighted by molar-refractivity contribution is 5.81. The molecule has 0 saturated heterocycles. The van der Waals surface area contributed by atoms with Gasteiger partial charge < -0.3 is 19.7 Å². The third-order valence-corrected chi connectivity index (χ3v) is 7.35. The van der Waals surface area contributed by atoms with E-state index in [-0.39, 0.29) is 11.2 Å². The number of nitrogens with one attached hydrogen (secondary N) is 3. The predicted molar refractivity (Wildman–Crippen MR) is 164 cm³/mol. The van der Waals surface area contributed by atoms with Gasteiger partial charge in [0, 0.05) is 30.4 Å². The first kappa shape index (κ1) is 27.2. The Balaban J connectivity index is 1.07. The van der Waals surface area contributed by atoms with Crippen molar-refractivity contribution in [3.05, 3.63) is 93.3 Å². The van der Waals surface area contributed by atoms with Crippen LogP contribution in [0.1, 0.15) is 44.1 Å². The van der Waals surface area contributed by atoms with Crippen molar-refractivity contribution in [1.82, 2.24) is 34.5 Å². The molecule has 0 aliphatic heterocycles. The molecule has 42 heavy (non-hydrogen) atoms. The van der Waals surface area contributed by atoms with E-state index in [9.17, 15) is 9.59 Å². The number of aromatic nitrogens is 7. The predicted octanol–water partition coefficient (Wildman–Crippen LogP) is 5.75. The van der Waals surface area contributed by atoms with E-state index in [0.29, 0.717) is 47.5 Å². The molecule has 0 unspecified atom stereocenters. The van der Waals surface area contributed by atoms with Crippen LogP contribution in [0.25, 0.3) is 45.1 Å². The minimum absolute atomic E-state index is 0.209. The molecule has 10 nitrogen and oxygen atoms in total. The number of benzene rings is 2. The van der Waals surface area contributed by atoms with Gasteiger partial charge in [0.25, 0.3) is 5.56 Å². The zero-order valence-corrected chi connectivity index (χ0v) is 23.5. The van der Waals surface area contributed by atoms with Gasteiger partial charge >= 0.3 is 5.69 Å². The smallest absolute Gasteiger partial charge is 0.328 e. The van der Waals surface area contributed by atoms with Gasteiger partial charge in [0.05, 0.1) is 28.7 Å². The van der Waals surface area contributed by atoms with Crippen LogP contribution in [0.2, 0.25) is 0 Å².